The molecule has 0 spiro atoms. The largest absolute Gasteiger partial charge is 0.423 e. The van der Waals surface area contributed by atoms with Gasteiger partial charge in [0.2, 0.25) is 0 Å². The third kappa shape index (κ3) is 3.67. The molecule has 0 fully saturated rings. The minimum Gasteiger partial charge on any atom is -0.423 e. The maximum atomic E-state index is 12.2. The molecule has 0 amide bonds. The first kappa shape index (κ1) is 16.5. The standard InChI is InChI=1S/C16H15ClO4S/c1-3-22(19,20)13-7-8-15(17)14(10-13)16(18)21-12-6-4-5-11(2)9-12/h4-10H,3H2,1-2H3. The Labute approximate surface area is 134 Å². The summed E-state index contributed by atoms with van der Waals surface area (Å²) in [6, 6.07) is 11.0. The van der Waals surface area contributed by atoms with E-state index in [0.717, 1.165) is 5.56 Å². The highest BCUT2D eigenvalue weighted by Gasteiger charge is 2.18. The number of benzene rings is 2. The van der Waals surface area contributed by atoms with Crippen LogP contribution in [0.15, 0.2) is 47.4 Å². The van der Waals surface area contributed by atoms with Crippen LogP contribution in [0.3, 0.4) is 0 Å². The average Bonchev–Trinajstić information content (AvgIpc) is 2.47. The van der Waals surface area contributed by atoms with Crippen molar-refractivity contribution < 1.29 is 17.9 Å². The summed E-state index contributed by atoms with van der Waals surface area (Å²) < 4.78 is 29.0. The fraction of sp³-hybridized carbons (Fsp3) is 0.188. The quantitative estimate of drug-likeness (QED) is 0.630. The summed E-state index contributed by atoms with van der Waals surface area (Å²) >= 11 is 5.99. The molecule has 0 atom stereocenters. The van der Waals surface area contributed by atoms with Gasteiger partial charge in [-0.3, -0.25) is 0 Å². The van der Waals surface area contributed by atoms with Gasteiger partial charge < -0.3 is 4.74 Å². The predicted octanol–water partition coefficient (Wildman–Crippen LogP) is 3.66. The van der Waals surface area contributed by atoms with E-state index in [1.165, 1.54) is 25.1 Å². The Morgan fingerprint density at radius 2 is 1.91 bits per heavy atom. The number of hydrogen-bond donors (Lipinski definition) is 0. The number of sulfone groups is 1. The molecule has 2 aromatic rings. The number of carbonyl (C=O) groups excluding carboxylic acids is 1. The molecule has 22 heavy (non-hydrogen) atoms. The molecule has 0 aromatic heterocycles. The van der Waals surface area contributed by atoms with Crippen molar-refractivity contribution in [3.63, 3.8) is 0 Å². The maximum Gasteiger partial charge on any atom is 0.345 e. The molecular formula is C16H15ClO4S. The molecule has 0 saturated heterocycles. The number of carbonyl (C=O) groups is 1. The van der Waals surface area contributed by atoms with Crippen LogP contribution in [-0.4, -0.2) is 20.1 Å². The first-order chi connectivity index (χ1) is 10.3. The minimum atomic E-state index is -3.42. The van der Waals surface area contributed by atoms with Crippen molar-refractivity contribution in [2.45, 2.75) is 18.7 Å². The van der Waals surface area contributed by atoms with E-state index in [0.29, 0.717) is 5.75 Å². The molecule has 2 rings (SSSR count). The van der Waals surface area contributed by atoms with Crippen molar-refractivity contribution >= 4 is 27.4 Å². The van der Waals surface area contributed by atoms with Crippen molar-refractivity contribution in [3.8, 4) is 5.75 Å². The Bertz CT molecular complexity index is 813. The Morgan fingerprint density at radius 3 is 2.55 bits per heavy atom. The monoisotopic (exact) mass is 338 g/mol. The highest BCUT2D eigenvalue weighted by atomic mass is 35.5. The van der Waals surface area contributed by atoms with Crippen LogP contribution in [0.5, 0.6) is 5.75 Å². The summed E-state index contributed by atoms with van der Waals surface area (Å²) in [6.45, 7) is 3.41. The van der Waals surface area contributed by atoms with Crippen molar-refractivity contribution in [2.24, 2.45) is 0 Å². The molecule has 0 radical (unpaired) electrons. The van der Waals surface area contributed by atoms with Crippen molar-refractivity contribution in [1.82, 2.24) is 0 Å². The molecule has 116 valence electrons. The third-order valence-electron chi connectivity index (χ3n) is 3.10. The first-order valence-electron chi connectivity index (χ1n) is 6.64. The number of esters is 1. The van der Waals surface area contributed by atoms with Crippen LogP contribution in [0, 0.1) is 6.92 Å². The Kier molecular flexibility index (Phi) is 4.88. The maximum absolute atomic E-state index is 12.2. The lowest BCUT2D eigenvalue weighted by Gasteiger charge is -2.08. The van der Waals surface area contributed by atoms with Gasteiger partial charge >= 0.3 is 5.97 Å². The summed E-state index contributed by atoms with van der Waals surface area (Å²) in [4.78, 5) is 12.3. The van der Waals surface area contributed by atoms with Gasteiger partial charge in [-0.25, -0.2) is 13.2 Å². The van der Waals surface area contributed by atoms with Gasteiger partial charge in [0.15, 0.2) is 9.84 Å². The lowest BCUT2D eigenvalue weighted by Crippen LogP contribution is -2.11. The van der Waals surface area contributed by atoms with Gasteiger partial charge in [0.05, 0.1) is 21.2 Å². The normalized spacial score (nSPS) is 11.2. The summed E-state index contributed by atoms with van der Waals surface area (Å²) in [5.41, 5.74) is 0.969. The van der Waals surface area contributed by atoms with Gasteiger partial charge in [0, 0.05) is 0 Å². The highest BCUT2D eigenvalue weighted by molar-refractivity contribution is 7.91. The molecule has 0 N–H and O–H groups in total. The van der Waals surface area contributed by atoms with Crippen LogP contribution < -0.4 is 4.74 Å². The van der Waals surface area contributed by atoms with Crippen LogP contribution in [-0.2, 0) is 9.84 Å². The lowest BCUT2D eigenvalue weighted by molar-refractivity contribution is 0.0734. The van der Waals surface area contributed by atoms with Gasteiger partial charge in [-0.05, 0) is 42.8 Å². The zero-order valence-electron chi connectivity index (χ0n) is 12.2. The number of hydrogen-bond acceptors (Lipinski definition) is 4. The fourth-order valence-corrected chi connectivity index (χ4v) is 2.96. The summed E-state index contributed by atoms with van der Waals surface area (Å²) in [5.74, 6) is -0.366. The summed E-state index contributed by atoms with van der Waals surface area (Å²) in [5, 5.41) is 0.146. The highest BCUT2D eigenvalue weighted by Crippen LogP contribution is 2.23. The van der Waals surface area contributed by atoms with Gasteiger partial charge in [-0.1, -0.05) is 30.7 Å². The first-order valence-corrected chi connectivity index (χ1v) is 8.67. The van der Waals surface area contributed by atoms with Crippen LogP contribution in [0.1, 0.15) is 22.8 Å². The molecule has 6 heteroatoms. The Hall–Kier alpha value is -1.85. The molecule has 0 saturated carbocycles. The van der Waals surface area contributed by atoms with Crippen LogP contribution in [0.4, 0.5) is 0 Å². The van der Waals surface area contributed by atoms with Crippen molar-refractivity contribution in [1.29, 1.82) is 0 Å². The molecule has 0 heterocycles. The Balaban J connectivity index is 2.35. The second kappa shape index (κ2) is 6.50. The molecular weight excluding hydrogens is 324 g/mol. The average molecular weight is 339 g/mol. The van der Waals surface area contributed by atoms with Gasteiger partial charge in [0.25, 0.3) is 0 Å². The van der Waals surface area contributed by atoms with E-state index >= 15 is 0 Å². The number of aryl methyl sites for hydroxylation is 1. The zero-order chi connectivity index (χ0) is 16.3. The molecule has 0 bridgehead atoms. The van der Waals surface area contributed by atoms with Crippen LogP contribution >= 0.6 is 11.6 Å². The molecule has 0 unspecified atom stereocenters. The van der Waals surface area contributed by atoms with Crippen LogP contribution in [0.2, 0.25) is 5.02 Å². The number of rotatable bonds is 4. The van der Waals surface area contributed by atoms with Gasteiger partial charge in [-0.2, -0.15) is 0 Å². The second-order valence-electron chi connectivity index (χ2n) is 4.75. The molecule has 0 aliphatic rings. The fourth-order valence-electron chi connectivity index (χ4n) is 1.86. The van der Waals surface area contributed by atoms with E-state index in [2.05, 4.69) is 0 Å². The van der Waals surface area contributed by atoms with Gasteiger partial charge in [-0.15, -0.1) is 0 Å². The topological polar surface area (TPSA) is 60.4 Å². The van der Waals surface area contributed by atoms with E-state index in [1.807, 2.05) is 13.0 Å². The van der Waals surface area contributed by atoms with E-state index in [1.54, 1.807) is 18.2 Å². The second-order valence-corrected chi connectivity index (χ2v) is 7.44. The smallest absolute Gasteiger partial charge is 0.345 e. The predicted molar refractivity (Wildman–Crippen MR) is 85.3 cm³/mol. The zero-order valence-corrected chi connectivity index (χ0v) is 13.7. The van der Waals surface area contributed by atoms with Crippen molar-refractivity contribution in [3.05, 3.63) is 58.6 Å². The van der Waals surface area contributed by atoms with E-state index in [4.69, 9.17) is 16.3 Å². The number of halogens is 1. The Morgan fingerprint density at radius 1 is 1.18 bits per heavy atom. The van der Waals surface area contributed by atoms with E-state index in [-0.39, 0.29) is 21.2 Å². The molecule has 0 aliphatic heterocycles. The summed E-state index contributed by atoms with van der Waals surface area (Å²) in [6.07, 6.45) is 0. The lowest BCUT2D eigenvalue weighted by atomic mass is 10.2. The molecule has 0 aliphatic carbocycles. The summed E-state index contributed by atoms with van der Waals surface area (Å²) in [7, 11) is -3.42. The van der Waals surface area contributed by atoms with E-state index in [9.17, 15) is 13.2 Å². The third-order valence-corrected chi connectivity index (χ3v) is 5.16. The minimum absolute atomic E-state index is 0.0256. The van der Waals surface area contributed by atoms with Crippen LogP contribution in [0.25, 0.3) is 0 Å². The van der Waals surface area contributed by atoms with Crippen molar-refractivity contribution in [2.75, 3.05) is 5.75 Å². The van der Waals surface area contributed by atoms with Gasteiger partial charge in [0.1, 0.15) is 5.75 Å². The number of ether oxygens (including phenoxy) is 1. The van der Waals surface area contributed by atoms with E-state index < -0.39 is 15.8 Å². The molecule has 2 aromatic carbocycles. The molecule has 4 nitrogen and oxygen atoms in total. The SMILES string of the molecule is CCS(=O)(=O)c1ccc(Cl)c(C(=O)Oc2cccc(C)c2)c1.